The maximum Gasteiger partial charge on any atom is 0.311 e. The zero-order valence-electron chi connectivity index (χ0n) is 15.8. The average molecular weight is 435 g/mol. The number of carbonyl (C=O) groups is 1. The molecule has 3 aliphatic carbocycles. The van der Waals surface area contributed by atoms with Gasteiger partial charge in [-0.1, -0.05) is 0 Å². The van der Waals surface area contributed by atoms with Crippen LogP contribution in [0, 0.1) is 34.9 Å². The monoisotopic (exact) mass is 434 g/mol. The molecule has 3 fully saturated rings. The number of ether oxygens (including phenoxy) is 1. The van der Waals surface area contributed by atoms with Crippen molar-refractivity contribution in [2.75, 3.05) is 11.9 Å². The van der Waals surface area contributed by atoms with E-state index in [0.29, 0.717) is 16.4 Å². The Labute approximate surface area is 177 Å². The number of nitrogens with zero attached hydrogens (tertiary/aromatic N) is 3. The Kier molecular flexibility index (Phi) is 5.70. The zero-order chi connectivity index (χ0) is 20.5. The van der Waals surface area contributed by atoms with E-state index in [1.807, 2.05) is 6.07 Å². The van der Waals surface area contributed by atoms with Gasteiger partial charge in [0.15, 0.2) is 11.6 Å². The molecule has 3 aliphatic rings. The minimum atomic E-state index is -0.634. The first kappa shape index (κ1) is 20.0. The smallest absolute Gasteiger partial charge is 0.311 e. The Hall–Kier alpha value is -2.24. The van der Waals surface area contributed by atoms with E-state index in [0.717, 1.165) is 37.0 Å². The number of nitriles is 1. The van der Waals surface area contributed by atoms with Crippen molar-refractivity contribution >= 4 is 34.7 Å². The molecule has 0 amide bonds. The number of thiophene rings is 1. The van der Waals surface area contributed by atoms with Gasteiger partial charge in [0.2, 0.25) is 5.28 Å². The average Bonchev–Trinajstić information content (AvgIpc) is 3.20. The summed E-state index contributed by atoms with van der Waals surface area (Å²) in [6.45, 7) is 2.10. The summed E-state index contributed by atoms with van der Waals surface area (Å²) in [6, 6.07) is 5.02. The summed E-state index contributed by atoms with van der Waals surface area (Å²) in [5, 5.41) is 12.1. The van der Waals surface area contributed by atoms with Crippen molar-refractivity contribution in [3.8, 4) is 16.6 Å². The van der Waals surface area contributed by atoms with Gasteiger partial charge in [-0.15, -0.1) is 11.3 Å². The predicted molar refractivity (Wildman–Crippen MR) is 108 cm³/mol. The number of halogens is 2. The van der Waals surface area contributed by atoms with Crippen molar-refractivity contribution < 1.29 is 13.9 Å². The molecule has 0 spiro atoms. The van der Waals surface area contributed by atoms with Gasteiger partial charge in [-0.25, -0.2) is 9.37 Å². The van der Waals surface area contributed by atoms with Crippen LogP contribution in [0.15, 0.2) is 12.1 Å². The van der Waals surface area contributed by atoms with Crippen LogP contribution in [-0.4, -0.2) is 28.6 Å². The summed E-state index contributed by atoms with van der Waals surface area (Å²) >= 11 is 7.21. The second-order valence-corrected chi connectivity index (χ2v) is 8.82. The molecule has 9 heteroatoms. The molecule has 3 saturated carbocycles. The van der Waals surface area contributed by atoms with Gasteiger partial charge >= 0.3 is 5.97 Å². The van der Waals surface area contributed by atoms with Crippen LogP contribution < -0.4 is 5.32 Å². The first-order valence-corrected chi connectivity index (χ1v) is 10.9. The van der Waals surface area contributed by atoms with Gasteiger partial charge in [0.1, 0.15) is 16.6 Å². The quantitative estimate of drug-likeness (QED) is 0.544. The van der Waals surface area contributed by atoms with Crippen molar-refractivity contribution in [3.05, 3.63) is 28.1 Å². The van der Waals surface area contributed by atoms with E-state index in [-0.39, 0.29) is 46.6 Å². The lowest BCUT2D eigenvalue weighted by Crippen LogP contribution is -2.52. The molecule has 0 radical (unpaired) electrons. The van der Waals surface area contributed by atoms with E-state index in [2.05, 4.69) is 15.3 Å². The molecule has 6 nitrogen and oxygen atoms in total. The molecule has 0 aliphatic heterocycles. The summed E-state index contributed by atoms with van der Waals surface area (Å²) in [4.78, 5) is 21.7. The molecular formula is C20H20ClFN4O2S. The van der Waals surface area contributed by atoms with Crippen LogP contribution in [0.3, 0.4) is 0 Å². The van der Waals surface area contributed by atoms with Crippen LogP contribution in [0.1, 0.15) is 37.5 Å². The third-order valence-corrected chi connectivity index (χ3v) is 7.02. The van der Waals surface area contributed by atoms with Crippen molar-refractivity contribution in [1.82, 2.24) is 9.97 Å². The third kappa shape index (κ3) is 3.81. The summed E-state index contributed by atoms with van der Waals surface area (Å²) < 4.78 is 20.6. The molecule has 5 rings (SSSR count). The Morgan fingerprint density at radius 3 is 2.72 bits per heavy atom. The number of rotatable bonds is 5. The van der Waals surface area contributed by atoms with E-state index >= 15 is 4.39 Å². The fourth-order valence-corrected chi connectivity index (χ4v) is 5.55. The summed E-state index contributed by atoms with van der Waals surface area (Å²) in [6.07, 6.45) is 3.94. The van der Waals surface area contributed by atoms with E-state index in [4.69, 9.17) is 21.6 Å². The molecule has 0 unspecified atom stereocenters. The van der Waals surface area contributed by atoms with Gasteiger partial charge < -0.3 is 10.1 Å². The number of anilines is 1. The lowest BCUT2D eigenvalue weighted by Gasteiger charge is -2.47. The predicted octanol–water partition coefficient (Wildman–Crippen LogP) is 4.65. The highest BCUT2D eigenvalue weighted by atomic mass is 35.5. The molecule has 2 aromatic rings. The van der Waals surface area contributed by atoms with Crippen LogP contribution in [0.25, 0.3) is 10.6 Å². The van der Waals surface area contributed by atoms with Crippen LogP contribution in [0.4, 0.5) is 10.2 Å². The molecule has 0 aromatic carbocycles. The van der Waals surface area contributed by atoms with Crippen molar-refractivity contribution in [3.63, 3.8) is 0 Å². The van der Waals surface area contributed by atoms with Gasteiger partial charge in [-0.3, -0.25) is 4.79 Å². The number of carbonyl (C=O) groups excluding carboxylic acids is 1. The number of nitrogens with one attached hydrogen (secondary N) is 1. The van der Waals surface area contributed by atoms with Crippen LogP contribution >= 0.6 is 22.9 Å². The molecule has 2 aromatic heterocycles. The number of fused-ring (bicyclic) bond motifs is 3. The molecule has 2 atom stereocenters. The fourth-order valence-electron chi connectivity index (χ4n) is 4.60. The minimum absolute atomic E-state index is 0.0150. The Balaban J connectivity index is 1.67. The Bertz CT molecular complexity index is 968. The van der Waals surface area contributed by atoms with Crippen LogP contribution in [0.2, 0.25) is 5.28 Å². The second-order valence-electron chi connectivity index (χ2n) is 7.40. The number of hydrogen-bond donors (Lipinski definition) is 1. The lowest BCUT2D eigenvalue weighted by molar-refractivity contribution is -0.154. The van der Waals surface area contributed by atoms with E-state index in [1.165, 1.54) is 0 Å². The van der Waals surface area contributed by atoms with Crippen molar-refractivity contribution in [2.45, 2.75) is 38.6 Å². The highest BCUT2D eigenvalue weighted by Crippen LogP contribution is 2.47. The lowest BCUT2D eigenvalue weighted by atomic mass is 9.61. The highest BCUT2D eigenvalue weighted by molar-refractivity contribution is 7.15. The summed E-state index contributed by atoms with van der Waals surface area (Å²) in [7, 11) is 0. The highest BCUT2D eigenvalue weighted by Gasteiger charge is 2.48. The van der Waals surface area contributed by atoms with E-state index in [1.54, 1.807) is 19.1 Å². The van der Waals surface area contributed by atoms with Gasteiger partial charge in [-0.2, -0.15) is 10.2 Å². The van der Waals surface area contributed by atoms with Gasteiger partial charge in [-0.05, 0) is 68.2 Å². The Morgan fingerprint density at radius 1 is 1.34 bits per heavy atom. The summed E-state index contributed by atoms with van der Waals surface area (Å²) in [5.41, 5.74) is 0.0488. The zero-order valence-corrected chi connectivity index (χ0v) is 17.4. The molecule has 2 heterocycles. The number of aromatic nitrogens is 2. The number of esters is 1. The largest absolute Gasteiger partial charge is 0.466 e. The maximum atomic E-state index is 15.3. The SMILES string of the molecule is CCOC(=O)[C@H]1C2CCC(CC2)[C@@H]1Nc1nc(Cl)nc(-c2ccc(C#N)s2)c1F. The standard InChI is InChI=1S/C20H20ClFN4O2S/c1-2-28-19(27)14-10-3-5-11(6-4-10)16(14)24-18-15(22)17(25-20(21)26-18)13-8-7-12(9-23)29-13/h7-8,10-11,14,16H,2-6H2,1H3,(H,24,25,26)/t10?,11?,14-,16-/m0/s1. The first-order chi connectivity index (χ1) is 14.0. The van der Waals surface area contributed by atoms with Gasteiger partial charge in [0.25, 0.3) is 0 Å². The molecule has 152 valence electrons. The first-order valence-electron chi connectivity index (χ1n) is 9.68. The molecular weight excluding hydrogens is 415 g/mol. The molecule has 1 N–H and O–H groups in total. The minimum Gasteiger partial charge on any atom is -0.466 e. The maximum absolute atomic E-state index is 15.3. The van der Waals surface area contributed by atoms with Crippen molar-refractivity contribution in [1.29, 1.82) is 5.26 Å². The van der Waals surface area contributed by atoms with Crippen LogP contribution in [-0.2, 0) is 9.53 Å². The molecule has 0 saturated heterocycles. The fraction of sp³-hybridized carbons (Fsp3) is 0.500. The van der Waals surface area contributed by atoms with E-state index in [9.17, 15) is 4.79 Å². The van der Waals surface area contributed by atoms with Crippen LogP contribution in [0.5, 0.6) is 0 Å². The molecule has 2 bridgehead atoms. The second kappa shape index (κ2) is 8.25. The van der Waals surface area contributed by atoms with E-state index < -0.39 is 5.82 Å². The number of hydrogen-bond acceptors (Lipinski definition) is 7. The topological polar surface area (TPSA) is 87.9 Å². The Morgan fingerprint density at radius 2 is 2.07 bits per heavy atom. The summed E-state index contributed by atoms with van der Waals surface area (Å²) in [5.74, 6) is -0.739. The van der Waals surface area contributed by atoms with Gasteiger partial charge in [0, 0.05) is 6.04 Å². The van der Waals surface area contributed by atoms with Gasteiger partial charge in [0.05, 0.1) is 17.4 Å². The third-order valence-electron chi connectivity index (χ3n) is 5.85. The van der Waals surface area contributed by atoms with Crippen molar-refractivity contribution in [2.24, 2.45) is 17.8 Å². The normalized spacial score (nSPS) is 25.4. The molecule has 29 heavy (non-hydrogen) atoms.